The van der Waals surface area contributed by atoms with Gasteiger partial charge in [-0.1, -0.05) is 37.1 Å². The standard InChI is InChI=1S/C17H18N2O3S/c1-11-6-2-3-7-12(11)15-18-13(10-23-15)14(20)19-17(16(21)22)8-4-5-9-17/h2-3,6-7,10H,4-5,8-9H2,1H3,(H,19,20)(H,21,22). The fourth-order valence-electron chi connectivity index (χ4n) is 2.97. The van der Waals surface area contributed by atoms with Crippen LogP contribution in [0.25, 0.3) is 10.6 Å². The molecule has 2 N–H and O–H groups in total. The van der Waals surface area contributed by atoms with Gasteiger partial charge in [-0.2, -0.15) is 0 Å². The average molecular weight is 330 g/mol. The summed E-state index contributed by atoms with van der Waals surface area (Å²) in [5.74, 6) is -1.37. The second-order valence-electron chi connectivity index (χ2n) is 5.90. The van der Waals surface area contributed by atoms with Crippen LogP contribution in [0.5, 0.6) is 0 Å². The minimum atomic E-state index is -1.14. The predicted molar refractivity (Wildman–Crippen MR) is 88.6 cm³/mol. The van der Waals surface area contributed by atoms with Gasteiger partial charge in [0.1, 0.15) is 16.2 Å². The molecule has 0 radical (unpaired) electrons. The minimum Gasteiger partial charge on any atom is -0.480 e. The van der Waals surface area contributed by atoms with Gasteiger partial charge < -0.3 is 10.4 Å². The van der Waals surface area contributed by atoms with Crippen molar-refractivity contribution in [1.82, 2.24) is 10.3 Å². The highest BCUT2D eigenvalue weighted by atomic mass is 32.1. The van der Waals surface area contributed by atoms with Crippen LogP contribution < -0.4 is 5.32 Å². The van der Waals surface area contributed by atoms with E-state index in [1.54, 1.807) is 5.38 Å². The molecule has 6 heteroatoms. The molecule has 0 unspecified atom stereocenters. The lowest BCUT2D eigenvalue weighted by molar-refractivity contribution is -0.144. The molecule has 2 aromatic rings. The third-order valence-electron chi connectivity index (χ3n) is 4.33. The zero-order chi connectivity index (χ0) is 16.4. The van der Waals surface area contributed by atoms with E-state index in [2.05, 4.69) is 10.3 Å². The van der Waals surface area contributed by atoms with Crippen molar-refractivity contribution < 1.29 is 14.7 Å². The number of nitrogens with one attached hydrogen (secondary N) is 1. The Labute approximate surface area is 138 Å². The molecule has 1 aromatic carbocycles. The van der Waals surface area contributed by atoms with Crippen LogP contribution in [0.2, 0.25) is 0 Å². The zero-order valence-corrected chi connectivity index (χ0v) is 13.7. The van der Waals surface area contributed by atoms with Crippen molar-refractivity contribution in [2.45, 2.75) is 38.1 Å². The number of aliphatic carboxylic acids is 1. The molecule has 1 amide bonds. The summed E-state index contributed by atoms with van der Waals surface area (Å²) in [7, 11) is 0. The van der Waals surface area contributed by atoms with Crippen molar-refractivity contribution in [3.8, 4) is 10.6 Å². The molecule has 23 heavy (non-hydrogen) atoms. The molecule has 5 nitrogen and oxygen atoms in total. The fraction of sp³-hybridized carbons (Fsp3) is 0.353. The summed E-state index contributed by atoms with van der Waals surface area (Å²) in [5.41, 5.74) is 1.22. The summed E-state index contributed by atoms with van der Waals surface area (Å²) in [5, 5.41) is 14.6. The Hall–Kier alpha value is -2.21. The summed E-state index contributed by atoms with van der Waals surface area (Å²) >= 11 is 1.39. The number of thiazole rings is 1. The first-order valence-electron chi connectivity index (χ1n) is 7.59. The number of carboxylic acids is 1. The van der Waals surface area contributed by atoms with E-state index < -0.39 is 17.4 Å². The van der Waals surface area contributed by atoms with E-state index in [0.29, 0.717) is 12.8 Å². The molecule has 3 rings (SSSR count). The van der Waals surface area contributed by atoms with Gasteiger partial charge in [-0.3, -0.25) is 4.79 Å². The average Bonchev–Trinajstić information content (AvgIpc) is 3.17. The molecule has 1 saturated carbocycles. The number of carboxylic acid groups (broad SMARTS) is 1. The quantitative estimate of drug-likeness (QED) is 0.902. The fourth-order valence-corrected chi connectivity index (χ4v) is 3.86. The second kappa shape index (κ2) is 6.12. The smallest absolute Gasteiger partial charge is 0.329 e. The van der Waals surface area contributed by atoms with Gasteiger partial charge in [0.2, 0.25) is 0 Å². The number of rotatable bonds is 4. The number of carbonyl (C=O) groups excluding carboxylic acids is 1. The molecule has 1 fully saturated rings. The first-order valence-corrected chi connectivity index (χ1v) is 8.47. The monoisotopic (exact) mass is 330 g/mol. The highest BCUT2D eigenvalue weighted by Gasteiger charge is 2.43. The molecule has 1 aromatic heterocycles. The third kappa shape index (κ3) is 2.99. The van der Waals surface area contributed by atoms with E-state index in [-0.39, 0.29) is 5.69 Å². The largest absolute Gasteiger partial charge is 0.480 e. The topological polar surface area (TPSA) is 79.3 Å². The maximum Gasteiger partial charge on any atom is 0.329 e. The van der Waals surface area contributed by atoms with E-state index in [1.165, 1.54) is 11.3 Å². The number of amides is 1. The van der Waals surface area contributed by atoms with Crippen LogP contribution in [0.3, 0.4) is 0 Å². The number of aryl methyl sites for hydroxylation is 1. The molecular weight excluding hydrogens is 312 g/mol. The Morgan fingerprint density at radius 3 is 2.61 bits per heavy atom. The van der Waals surface area contributed by atoms with Gasteiger partial charge in [-0.25, -0.2) is 9.78 Å². The Balaban J connectivity index is 1.82. The van der Waals surface area contributed by atoms with Gasteiger partial charge in [-0.05, 0) is 25.3 Å². The second-order valence-corrected chi connectivity index (χ2v) is 6.76. The summed E-state index contributed by atoms with van der Waals surface area (Å²) in [6, 6.07) is 7.85. The number of nitrogens with zero attached hydrogens (tertiary/aromatic N) is 1. The maximum atomic E-state index is 12.4. The number of carbonyl (C=O) groups is 2. The first-order chi connectivity index (χ1) is 11.0. The van der Waals surface area contributed by atoms with Crippen molar-refractivity contribution in [3.05, 3.63) is 40.9 Å². The molecule has 0 atom stereocenters. The van der Waals surface area contributed by atoms with Crippen molar-refractivity contribution >= 4 is 23.2 Å². The van der Waals surface area contributed by atoms with Crippen LogP contribution in [0.4, 0.5) is 0 Å². The lowest BCUT2D eigenvalue weighted by Gasteiger charge is -2.24. The van der Waals surface area contributed by atoms with Crippen molar-refractivity contribution in [3.63, 3.8) is 0 Å². The van der Waals surface area contributed by atoms with Crippen LogP contribution in [-0.2, 0) is 4.79 Å². The third-order valence-corrected chi connectivity index (χ3v) is 5.21. The van der Waals surface area contributed by atoms with Crippen molar-refractivity contribution in [2.75, 3.05) is 0 Å². The van der Waals surface area contributed by atoms with Crippen LogP contribution in [0, 0.1) is 6.92 Å². The lowest BCUT2D eigenvalue weighted by atomic mass is 9.98. The Bertz CT molecular complexity index is 748. The van der Waals surface area contributed by atoms with E-state index >= 15 is 0 Å². The van der Waals surface area contributed by atoms with Crippen LogP contribution in [0.15, 0.2) is 29.6 Å². The number of aromatic nitrogens is 1. The van der Waals surface area contributed by atoms with Crippen LogP contribution >= 0.6 is 11.3 Å². The van der Waals surface area contributed by atoms with Gasteiger partial charge in [0.25, 0.3) is 5.91 Å². The summed E-state index contributed by atoms with van der Waals surface area (Å²) < 4.78 is 0. The predicted octanol–water partition coefficient (Wildman–Crippen LogP) is 3.25. The van der Waals surface area contributed by atoms with Crippen LogP contribution in [-0.4, -0.2) is 27.5 Å². The molecule has 1 aliphatic rings. The highest BCUT2D eigenvalue weighted by Crippen LogP contribution is 2.31. The van der Waals surface area contributed by atoms with E-state index in [1.807, 2.05) is 31.2 Å². The number of hydrogen-bond donors (Lipinski definition) is 2. The zero-order valence-electron chi connectivity index (χ0n) is 12.8. The Morgan fingerprint density at radius 1 is 1.26 bits per heavy atom. The Morgan fingerprint density at radius 2 is 1.96 bits per heavy atom. The van der Waals surface area contributed by atoms with E-state index in [9.17, 15) is 14.7 Å². The maximum absolute atomic E-state index is 12.4. The minimum absolute atomic E-state index is 0.278. The Kier molecular flexibility index (Phi) is 4.17. The summed E-state index contributed by atoms with van der Waals surface area (Å²) in [6.45, 7) is 1.99. The van der Waals surface area contributed by atoms with Crippen molar-refractivity contribution in [1.29, 1.82) is 0 Å². The molecule has 0 bridgehead atoms. The number of benzene rings is 1. The first kappa shape index (κ1) is 15.7. The van der Waals surface area contributed by atoms with E-state index in [4.69, 9.17) is 0 Å². The van der Waals surface area contributed by atoms with Gasteiger partial charge in [0.05, 0.1) is 0 Å². The SMILES string of the molecule is Cc1ccccc1-c1nc(C(=O)NC2(C(=O)O)CCCC2)cs1. The molecule has 120 valence electrons. The van der Waals surface area contributed by atoms with Gasteiger partial charge >= 0.3 is 5.97 Å². The van der Waals surface area contributed by atoms with Gasteiger partial charge in [0.15, 0.2) is 0 Å². The summed E-state index contributed by atoms with van der Waals surface area (Å²) in [4.78, 5) is 28.3. The molecule has 0 aliphatic heterocycles. The van der Waals surface area contributed by atoms with Crippen LogP contribution in [0.1, 0.15) is 41.7 Å². The lowest BCUT2D eigenvalue weighted by Crippen LogP contribution is -2.52. The normalized spacial score (nSPS) is 16.2. The molecule has 0 spiro atoms. The highest BCUT2D eigenvalue weighted by molar-refractivity contribution is 7.13. The molecule has 1 heterocycles. The van der Waals surface area contributed by atoms with Crippen molar-refractivity contribution in [2.24, 2.45) is 0 Å². The van der Waals surface area contributed by atoms with Gasteiger partial charge in [0, 0.05) is 10.9 Å². The van der Waals surface area contributed by atoms with E-state index in [0.717, 1.165) is 29.0 Å². The molecule has 0 saturated heterocycles. The molecule has 1 aliphatic carbocycles. The van der Waals surface area contributed by atoms with Gasteiger partial charge in [-0.15, -0.1) is 11.3 Å². The summed E-state index contributed by atoms with van der Waals surface area (Å²) in [6.07, 6.45) is 2.59. The molecular formula is C17H18N2O3S. The number of hydrogen-bond acceptors (Lipinski definition) is 4.